The van der Waals surface area contributed by atoms with Crippen LogP contribution in [0.2, 0.25) is 0 Å². The number of anilines is 1. The van der Waals surface area contributed by atoms with Gasteiger partial charge in [0.05, 0.1) is 6.54 Å². The van der Waals surface area contributed by atoms with Crippen molar-refractivity contribution in [2.75, 3.05) is 45.2 Å². The molecule has 1 aliphatic heterocycles. The minimum atomic E-state index is -4.47. The lowest BCUT2D eigenvalue weighted by Gasteiger charge is -2.33. The summed E-state index contributed by atoms with van der Waals surface area (Å²) in [5.41, 5.74) is -0.931. The van der Waals surface area contributed by atoms with Crippen LogP contribution in [0.5, 0.6) is 0 Å². The number of hydrogen-bond donors (Lipinski definition) is 1. The summed E-state index contributed by atoms with van der Waals surface area (Å²) in [6, 6.07) is 0.870. The monoisotopic (exact) mass is 345 g/mol. The predicted octanol–water partition coefficient (Wildman–Crippen LogP) is 1.39. The Morgan fingerprint density at radius 1 is 1.42 bits per heavy atom. The Morgan fingerprint density at radius 3 is 2.67 bits per heavy atom. The van der Waals surface area contributed by atoms with E-state index < -0.39 is 11.9 Å². The van der Waals surface area contributed by atoms with Crippen molar-refractivity contribution in [3.05, 3.63) is 18.0 Å². The van der Waals surface area contributed by atoms with Crippen LogP contribution in [0.1, 0.15) is 18.5 Å². The third-order valence-corrected chi connectivity index (χ3v) is 4.16. The molecule has 1 N–H and O–H groups in total. The van der Waals surface area contributed by atoms with E-state index in [9.17, 15) is 18.0 Å². The minimum Gasteiger partial charge on any atom is -0.358 e. The van der Waals surface area contributed by atoms with Gasteiger partial charge in [0.1, 0.15) is 5.69 Å². The van der Waals surface area contributed by atoms with Gasteiger partial charge in [-0.15, -0.1) is 0 Å². The molecule has 1 amide bonds. The van der Waals surface area contributed by atoms with Crippen LogP contribution in [-0.4, -0.2) is 61.0 Å². The lowest BCUT2D eigenvalue weighted by Crippen LogP contribution is -2.42. The van der Waals surface area contributed by atoms with Gasteiger partial charge in [-0.05, 0) is 37.9 Å². The van der Waals surface area contributed by atoms with Crippen molar-refractivity contribution in [1.29, 1.82) is 0 Å². The first-order valence-electron chi connectivity index (χ1n) is 7.84. The highest BCUT2D eigenvalue weighted by Crippen LogP contribution is 2.28. The van der Waals surface area contributed by atoms with E-state index in [-0.39, 0.29) is 11.9 Å². The van der Waals surface area contributed by atoms with Gasteiger partial charge in [0.25, 0.3) is 0 Å². The first-order chi connectivity index (χ1) is 11.3. The summed E-state index contributed by atoms with van der Waals surface area (Å²) in [7, 11) is 3.31. The van der Waals surface area contributed by atoms with Gasteiger partial charge in [0.2, 0.25) is 11.9 Å². The highest BCUT2D eigenvalue weighted by Gasteiger charge is 2.33. The van der Waals surface area contributed by atoms with E-state index in [0.29, 0.717) is 19.0 Å². The summed E-state index contributed by atoms with van der Waals surface area (Å²) < 4.78 is 38.2. The van der Waals surface area contributed by atoms with E-state index in [1.54, 1.807) is 19.0 Å². The first-order valence-corrected chi connectivity index (χ1v) is 7.84. The molecule has 24 heavy (non-hydrogen) atoms. The number of nitrogens with zero attached hydrogens (tertiary/aromatic N) is 4. The molecule has 0 spiro atoms. The molecule has 0 aliphatic carbocycles. The quantitative estimate of drug-likeness (QED) is 0.874. The average molecular weight is 345 g/mol. The standard InChI is InChI=1S/C15H22F3N5O/c1-19-13(24)10-23-7-4-11(5-8-23)9-22(2)14-20-6-3-12(21-14)15(16,17)18/h3,6,11H,4-5,7-10H2,1-2H3,(H,19,24). The maximum atomic E-state index is 12.7. The zero-order valence-corrected chi connectivity index (χ0v) is 13.8. The molecule has 1 aliphatic rings. The fourth-order valence-electron chi connectivity index (χ4n) is 2.77. The topological polar surface area (TPSA) is 61.4 Å². The summed E-state index contributed by atoms with van der Waals surface area (Å²) in [6.45, 7) is 2.58. The largest absolute Gasteiger partial charge is 0.433 e. The number of rotatable bonds is 5. The van der Waals surface area contributed by atoms with E-state index in [1.165, 1.54) is 0 Å². The number of likely N-dealkylation sites (N-methyl/N-ethyl adjacent to an activating group) is 1. The minimum absolute atomic E-state index is 0.0112. The second-order valence-electron chi connectivity index (χ2n) is 6.01. The molecule has 1 saturated heterocycles. The zero-order chi connectivity index (χ0) is 17.7. The number of nitrogens with one attached hydrogen (secondary N) is 1. The Bertz CT molecular complexity index is 558. The van der Waals surface area contributed by atoms with Gasteiger partial charge in [0.15, 0.2) is 0 Å². The second kappa shape index (κ2) is 7.78. The third-order valence-electron chi connectivity index (χ3n) is 4.16. The zero-order valence-electron chi connectivity index (χ0n) is 13.8. The van der Waals surface area contributed by atoms with Crippen LogP contribution in [0, 0.1) is 5.92 Å². The van der Waals surface area contributed by atoms with Crippen LogP contribution in [0.3, 0.4) is 0 Å². The molecule has 0 saturated carbocycles. The molecule has 1 aromatic rings. The number of carbonyl (C=O) groups is 1. The first kappa shape index (κ1) is 18.4. The molecule has 1 fully saturated rings. The number of carbonyl (C=O) groups excluding carboxylic acids is 1. The van der Waals surface area contributed by atoms with Crippen molar-refractivity contribution in [3.63, 3.8) is 0 Å². The van der Waals surface area contributed by atoms with Gasteiger partial charge in [-0.25, -0.2) is 9.97 Å². The number of alkyl halides is 3. The Kier molecular flexibility index (Phi) is 5.98. The summed E-state index contributed by atoms with van der Waals surface area (Å²) in [4.78, 5) is 22.6. The van der Waals surface area contributed by atoms with Crippen molar-refractivity contribution in [2.24, 2.45) is 5.92 Å². The molecule has 0 unspecified atom stereocenters. The van der Waals surface area contributed by atoms with Gasteiger partial charge < -0.3 is 10.2 Å². The van der Waals surface area contributed by atoms with Crippen molar-refractivity contribution < 1.29 is 18.0 Å². The fourth-order valence-corrected chi connectivity index (χ4v) is 2.77. The molecule has 0 bridgehead atoms. The lowest BCUT2D eigenvalue weighted by atomic mass is 9.96. The van der Waals surface area contributed by atoms with Gasteiger partial charge in [-0.1, -0.05) is 0 Å². The SMILES string of the molecule is CNC(=O)CN1CCC(CN(C)c2nccc(C(F)(F)F)n2)CC1. The Balaban J connectivity index is 1.88. The fraction of sp³-hybridized carbons (Fsp3) is 0.667. The summed E-state index contributed by atoms with van der Waals surface area (Å²) >= 11 is 0. The molecule has 6 nitrogen and oxygen atoms in total. The number of likely N-dealkylation sites (tertiary alicyclic amines) is 1. The number of halogens is 3. The van der Waals surface area contributed by atoms with Crippen molar-refractivity contribution in [3.8, 4) is 0 Å². The molecule has 0 radical (unpaired) electrons. The smallest absolute Gasteiger partial charge is 0.358 e. The summed E-state index contributed by atoms with van der Waals surface area (Å²) in [6.07, 6.45) is -1.56. The lowest BCUT2D eigenvalue weighted by molar-refractivity contribution is -0.141. The maximum absolute atomic E-state index is 12.7. The van der Waals surface area contributed by atoms with E-state index in [4.69, 9.17) is 0 Å². The van der Waals surface area contributed by atoms with Gasteiger partial charge in [-0.3, -0.25) is 9.69 Å². The Hall–Kier alpha value is -1.90. The molecule has 0 aromatic carbocycles. The Morgan fingerprint density at radius 2 is 2.08 bits per heavy atom. The van der Waals surface area contributed by atoms with Gasteiger partial charge in [-0.2, -0.15) is 13.2 Å². The van der Waals surface area contributed by atoms with Crippen molar-refractivity contribution in [1.82, 2.24) is 20.2 Å². The predicted molar refractivity (Wildman–Crippen MR) is 83.5 cm³/mol. The van der Waals surface area contributed by atoms with Crippen LogP contribution in [0.25, 0.3) is 0 Å². The van der Waals surface area contributed by atoms with E-state index in [1.807, 2.05) is 0 Å². The third kappa shape index (κ3) is 5.05. The Labute approximate surface area is 139 Å². The van der Waals surface area contributed by atoms with Crippen molar-refractivity contribution >= 4 is 11.9 Å². The van der Waals surface area contributed by atoms with Crippen LogP contribution in [0.15, 0.2) is 12.3 Å². The van der Waals surface area contributed by atoms with E-state index >= 15 is 0 Å². The molecular formula is C15H22F3N5O. The molecular weight excluding hydrogens is 323 g/mol. The molecule has 9 heteroatoms. The highest BCUT2D eigenvalue weighted by molar-refractivity contribution is 5.77. The van der Waals surface area contributed by atoms with Gasteiger partial charge in [0, 0.05) is 26.8 Å². The van der Waals surface area contributed by atoms with Crippen LogP contribution in [0.4, 0.5) is 19.1 Å². The van der Waals surface area contributed by atoms with Crippen molar-refractivity contribution in [2.45, 2.75) is 19.0 Å². The maximum Gasteiger partial charge on any atom is 0.433 e. The second-order valence-corrected chi connectivity index (χ2v) is 6.01. The number of amides is 1. The van der Waals surface area contributed by atoms with Crippen LogP contribution < -0.4 is 10.2 Å². The molecule has 134 valence electrons. The molecule has 1 aromatic heterocycles. The number of piperidine rings is 1. The summed E-state index contributed by atoms with van der Waals surface area (Å²) in [5.74, 6) is 0.412. The average Bonchev–Trinajstić information content (AvgIpc) is 2.56. The van der Waals surface area contributed by atoms with Gasteiger partial charge >= 0.3 is 6.18 Å². The highest BCUT2D eigenvalue weighted by atomic mass is 19.4. The number of hydrogen-bond acceptors (Lipinski definition) is 5. The molecule has 2 heterocycles. The number of aromatic nitrogens is 2. The summed E-state index contributed by atoms with van der Waals surface area (Å²) in [5, 5.41) is 2.60. The normalized spacial score (nSPS) is 16.9. The molecule has 0 atom stereocenters. The van der Waals surface area contributed by atoms with Crippen LogP contribution >= 0.6 is 0 Å². The van der Waals surface area contributed by atoms with E-state index in [0.717, 1.165) is 38.2 Å². The van der Waals surface area contributed by atoms with Crippen LogP contribution in [-0.2, 0) is 11.0 Å². The van der Waals surface area contributed by atoms with E-state index in [2.05, 4.69) is 20.2 Å². The molecule has 2 rings (SSSR count).